The summed E-state index contributed by atoms with van der Waals surface area (Å²) < 4.78 is 5.77. The fraction of sp³-hybridized carbons (Fsp3) is 0.240. The van der Waals surface area contributed by atoms with E-state index in [9.17, 15) is 9.90 Å². The van der Waals surface area contributed by atoms with E-state index < -0.39 is 0 Å². The number of aliphatic imine (C=N–C) groups is 1. The summed E-state index contributed by atoms with van der Waals surface area (Å²) in [7, 11) is 0. The highest BCUT2D eigenvalue weighted by Gasteiger charge is 2.32. The Balaban J connectivity index is 1.51. The molecule has 1 N–H and O–H groups in total. The summed E-state index contributed by atoms with van der Waals surface area (Å²) in [6, 6.07) is 18.0. The molecule has 5 rings (SSSR count). The number of cyclic esters (lactones) is 1. The van der Waals surface area contributed by atoms with Crippen LogP contribution in [0.1, 0.15) is 51.8 Å². The molecule has 2 unspecified atom stereocenters. The molecule has 0 amide bonds. The van der Waals surface area contributed by atoms with Crippen LogP contribution in [0.3, 0.4) is 0 Å². The summed E-state index contributed by atoms with van der Waals surface area (Å²) in [6.07, 6.45) is 3.97. The van der Waals surface area contributed by atoms with Crippen LogP contribution in [0.2, 0.25) is 0 Å². The van der Waals surface area contributed by atoms with Crippen LogP contribution in [-0.4, -0.2) is 28.4 Å². The number of aliphatic hydroxyl groups is 1. The van der Waals surface area contributed by atoms with E-state index in [4.69, 9.17) is 9.73 Å². The maximum absolute atomic E-state index is 12.3. The average Bonchev–Trinajstić information content (AvgIpc) is 3.20. The standard InChI is InChI=1S/C25H22N2O3/c28-15-20(16-4-2-1-3-5-16)11-23-21-13-22-19(10-18(21)12-24(29)30-23)14-27-25(22)17-6-8-26-9-7-17/h1-10,13,20,23,28H,11-12,14-15H2. The van der Waals surface area contributed by atoms with E-state index in [2.05, 4.69) is 17.1 Å². The van der Waals surface area contributed by atoms with Gasteiger partial charge < -0.3 is 9.84 Å². The number of hydrogen-bond donors (Lipinski definition) is 1. The second-order valence-electron chi connectivity index (χ2n) is 7.79. The van der Waals surface area contributed by atoms with Crippen molar-refractivity contribution >= 4 is 11.7 Å². The first-order valence-corrected chi connectivity index (χ1v) is 10.2. The molecule has 2 aromatic carbocycles. The largest absolute Gasteiger partial charge is 0.457 e. The number of carbonyl (C=O) groups is 1. The Hall–Kier alpha value is -3.31. The molecule has 2 atom stereocenters. The zero-order valence-corrected chi connectivity index (χ0v) is 16.5. The Morgan fingerprint density at radius 1 is 1.07 bits per heavy atom. The lowest BCUT2D eigenvalue weighted by atomic mass is 9.85. The van der Waals surface area contributed by atoms with Gasteiger partial charge in [0.05, 0.1) is 25.3 Å². The highest BCUT2D eigenvalue weighted by molar-refractivity contribution is 6.15. The van der Waals surface area contributed by atoms with Gasteiger partial charge in [0.25, 0.3) is 0 Å². The summed E-state index contributed by atoms with van der Waals surface area (Å²) in [5.41, 5.74) is 7.28. The van der Waals surface area contributed by atoms with Crippen molar-refractivity contribution in [2.75, 3.05) is 6.61 Å². The van der Waals surface area contributed by atoms with E-state index in [0.29, 0.717) is 13.0 Å². The van der Waals surface area contributed by atoms with Crippen LogP contribution in [0, 0.1) is 0 Å². The molecule has 5 heteroatoms. The molecule has 0 spiro atoms. The average molecular weight is 398 g/mol. The van der Waals surface area contributed by atoms with Gasteiger partial charge in [0.2, 0.25) is 0 Å². The Morgan fingerprint density at radius 2 is 1.87 bits per heavy atom. The summed E-state index contributed by atoms with van der Waals surface area (Å²) >= 11 is 0. The van der Waals surface area contributed by atoms with Crippen LogP contribution in [0.5, 0.6) is 0 Å². The molecule has 150 valence electrons. The van der Waals surface area contributed by atoms with E-state index >= 15 is 0 Å². The Labute approximate surface area is 175 Å². The number of carbonyl (C=O) groups excluding carboxylic acids is 1. The predicted molar refractivity (Wildman–Crippen MR) is 113 cm³/mol. The van der Waals surface area contributed by atoms with Crippen LogP contribution >= 0.6 is 0 Å². The van der Waals surface area contributed by atoms with Crippen molar-refractivity contribution in [2.24, 2.45) is 4.99 Å². The van der Waals surface area contributed by atoms with Crippen molar-refractivity contribution in [3.63, 3.8) is 0 Å². The number of aromatic nitrogens is 1. The van der Waals surface area contributed by atoms with Gasteiger partial charge in [0.15, 0.2) is 0 Å². The molecular formula is C25H22N2O3. The topological polar surface area (TPSA) is 71.8 Å². The maximum Gasteiger partial charge on any atom is 0.310 e. The second kappa shape index (κ2) is 7.84. The number of aliphatic hydroxyl groups excluding tert-OH is 1. The van der Waals surface area contributed by atoms with E-state index in [1.165, 1.54) is 0 Å². The lowest BCUT2D eigenvalue weighted by Gasteiger charge is -2.29. The summed E-state index contributed by atoms with van der Waals surface area (Å²) in [4.78, 5) is 21.1. The van der Waals surface area contributed by atoms with E-state index in [1.54, 1.807) is 12.4 Å². The lowest BCUT2D eigenvalue weighted by molar-refractivity contribution is -0.151. The number of nitrogens with zero attached hydrogens (tertiary/aromatic N) is 2. The number of rotatable bonds is 5. The summed E-state index contributed by atoms with van der Waals surface area (Å²) in [5, 5.41) is 10.0. The monoisotopic (exact) mass is 398 g/mol. The van der Waals surface area contributed by atoms with Crippen molar-refractivity contribution in [3.8, 4) is 0 Å². The van der Waals surface area contributed by atoms with Crippen LogP contribution in [-0.2, 0) is 22.5 Å². The molecule has 3 aromatic rings. The molecule has 0 fully saturated rings. The third-order valence-corrected chi connectivity index (χ3v) is 5.93. The SMILES string of the molecule is O=C1Cc2cc3c(cc2C(CC(CO)c2ccccc2)O1)C(c1ccncc1)=NC3. The third kappa shape index (κ3) is 3.42. The highest BCUT2D eigenvalue weighted by Crippen LogP contribution is 2.38. The fourth-order valence-corrected chi connectivity index (χ4v) is 4.42. The molecule has 30 heavy (non-hydrogen) atoms. The Kier molecular flexibility index (Phi) is 4.89. The number of benzene rings is 2. The lowest BCUT2D eigenvalue weighted by Crippen LogP contribution is -2.24. The summed E-state index contributed by atoms with van der Waals surface area (Å²) in [6.45, 7) is 0.616. The van der Waals surface area contributed by atoms with Gasteiger partial charge >= 0.3 is 5.97 Å². The van der Waals surface area contributed by atoms with Crippen LogP contribution in [0.15, 0.2) is 72.0 Å². The minimum Gasteiger partial charge on any atom is -0.457 e. The van der Waals surface area contributed by atoms with Gasteiger partial charge in [-0.25, -0.2) is 0 Å². The van der Waals surface area contributed by atoms with Crippen LogP contribution < -0.4 is 0 Å². The van der Waals surface area contributed by atoms with Crippen LogP contribution in [0.25, 0.3) is 0 Å². The summed E-state index contributed by atoms with van der Waals surface area (Å²) in [5.74, 6) is -0.318. The van der Waals surface area contributed by atoms with E-state index in [-0.39, 0.29) is 31.0 Å². The van der Waals surface area contributed by atoms with Crippen molar-refractivity contribution in [2.45, 2.75) is 31.4 Å². The van der Waals surface area contributed by atoms with Crippen LogP contribution in [0.4, 0.5) is 0 Å². The smallest absolute Gasteiger partial charge is 0.310 e. The molecule has 0 radical (unpaired) electrons. The van der Waals surface area contributed by atoms with E-state index in [0.717, 1.165) is 39.1 Å². The second-order valence-corrected chi connectivity index (χ2v) is 7.79. The van der Waals surface area contributed by atoms with Crippen molar-refractivity contribution in [1.82, 2.24) is 4.98 Å². The van der Waals surface area contributed by atoms with Gasteiger partial charge in [-0.3, -0.25) is 14.8 Å². The molecule has 0 bridgehead atoms. The van der Waals surface area contributed by atoms with Gasteiger partial charge in [-0.05, 0) is 46.9 Å². The van der Waals surface area contributed by atoms with Gasteiger partial charge in [-0.15, -0.1) is 0 Å². The molecule has 0 saturated heterocycles. The molecular weight excluding hydrogens is 376 g/mol. The first kappa shape index (κ1) is 18.7. The molecule has 1 aromatic heterocycles. The minimum atomic E-state index is -0.386. The maximum atomic E-state index is 12.3. The molecule has 5 nitrogen and oxygen atoms in total. The molecule has 2 aliphatic heterocycles. The van der Waals surface area contributed by atoms with Gasteiger partial charge in [-0.2, -0.15) is 0 Å². The van der Waals surface area contributed by atoms with Crippen molar-refractivity contribution in [1.29, 1.82) is 0 Å². The third-order valence-electron chi connectivity index (χ3n) is 5.93. The quantitative estimate of drug-likeness (QED) is 0.665. The molecule has 0 saturated carbocycles. The minimum absolute atomic E-state index is 0.00205. The van der Waals surface area contributed by atoms with Gasteiger partial charge in [0.1, 0.15) is 6.10 Å². The molecule has 3 heterocycles. The normalized spacial score (nSPS) is 18.2. The van der Waals surface area contributed by atoms with Gasteiger partial charge in [-0.1, -0.05) is 36.4 Å². The fourth-order valence-electron chi connectivity index (χ4n) is 4.42. The zero-order valence-electron chi connectivity index (χ0n) is 16.5. The van der Waals surface area contributed by atoms with Gasteiger partial charge in [0, 0.05) is 29.4 Å². The first-order valence-electron chi connectivity index (χ1n) is 10.2. The number of hydrogen-bond acceptors (Lipinski definition) is 5. The number of pyridine rings is 1. The van der Waals surface area contributed by atoms with Crippen molar-refractivity contribution < 1.29 is 14.6 Å². The molecule has 0 aliphatic carbocycles. The number of esters is 1. The molecule has 2 aliphatic rings. The van der Waals surface area contributed by atoms with Crippen molar-refractivity contribution in [3.05, 3.63) is 100 Å². The Morgan fingerprint density at radius 3 is 2.63 bits per heavy atom. The highest BCUT2D eigenvalue weighted by atomic mass is 16.5. The predicted octanol–water partition coefficient (Wildman–Crippen LogP) is 3.74. The first-order chi connectivity index (χ1) is 14.7. The number of fused-ring (bicyclic) bond motifs is 2. The zero-order chi connectivity index (χ0) is 20.5. The van der Waals surface area contributed by atoms with E-state index in [1.807, 2.05) is 42.5 Å². The number of ether oxygens (including phenoxy) is 1. The Bertz CT molecular complexity index is 1110.